The third-order valence-electron chi connectivity index (χ3n) is 3.81. The molecule has 23 heavy (non-hydrogen) atoms. The van der Waals surface area contributed by atoms with Crippen LogP contribution in [0.2, 0.25) is 0 Å². The van der Waals surface area contributed by atoms with Gasteiger partial charge in [0.15, 0.2) is 0 Å². The number of aryl methyl sites for hydroxylation is 2. The Hall–Kier alpha value is -1.64. The number of benzene rings is 2. The van der Waals surface area contributed by atoms with Gasteiger partial charge >= 0.3 is 0 Å². The summed E-state index contributed by atoms with van der Waals surface area (Å²) >= 11 is 0. The summed E-state index contributed by atoms with van der Waals surface area (Å²) in [6.07, 6.45) is 2.13. The highest BCUT2D eigenvalue weighted by molar-refractivity contribution is 5.28. The largest absolute Gasteiger partial charge is 0.297 e. The predicted molar refractivity (Wildman–Crippen MR) is 97.4 cm³/mol. The standard InChI is InChI=1S/C21H29NO/c1-16(2)11-20-7-5-19(6-8-20)9-10-22-23-15-21-13-17(3)12-18(4)14-21/h5-8,12-14,16,22H,9-11,15H2,1-4H3. The highest BCUT2D eigenvalue weighted by Crippen LogP contribution is 2.11. The molecule has 1 N–H and O–H groups in total. The molecule has 124 valence electrons. The maximum atomic E-state index is 5.58. The van der Waals surface area contributed by atoms with Crippen molar-refractivity contribution in [2.24, 2.45) is 5.92 Å². The lowest BCUT2D eigenvalue weighted by Crippen LogP contribution is -2.17. The van der Waals surface area contributed by atoms with E-state index in [4.69, 9.17) is 4.84 Å². The van der Waals surface area contributed by atoms with Crippen molar-refractivity contribution >= 4 is 0 Å². The van der Waals surface area contributed by atoms with Crippen molar-refractivity contribution in [3.05, 3.63) is 70.3 Å². The molecule has 0 saturated heterocycles. The van der Waals surface area contributed by atoms with Crippen molar-refractivity contribution in [2.45, 2.75) is 47.1 Å². The van der Waals surface area contributed by atoms with Crippen LogP contribution in [0.1, 0.15) is 41.7 Å². The van der Waals surface area contributed by atoms with Crippen LogP contribution in [0, 0.1) is 19.8 Å². The molecule has 0 aliphatic heterocycles. The van der Waals surface area contributed by atoms with E-state index in [9.17, 15) is 0 Å². The van der Waals surface area contributed by atoms with Gasteiger partial charge in [0, 0.05) is 6.54 Å². The SMILES string of the molecule is Cc1cc(C)cc(CONCCc2ccc(CC(C)C)cc2)c1. The molecule has 0 fully saturated rings. The Morgan fingerprint density at radius 3 is 2.09 bits per heavy atom. The van der Waals surface area contributed by atoms with Gasteiger partial charge in [0.25, 0.3) is 0 Å². The van der Waals surface area contributed by atoms with Gasteiger partial charge in [-0.3, -0.25) is 4.84 Å². The van der Waals surface area contributed by atoms with Crippen molar-refractivity contribution in [1.29, 1.82) is 0 Å². The van der Waals surface area contributed by atoms with Crippen LogP contribution in [-0.2, 0) is 24.3 Å². The third kappa shape index (κ3) is 6.55. The summed E-state index contributed by atoms with van der Waals surface area (Å²) in [7, 11) is 0. The van der Waals surface area contributed by atoms with E-state index in [2.05, 4.69) is 75.6 Å². The molecular weight excluding hydrogens is 282 g/mol. The Balaban J connectivity index is 1.69. The van der Waals surface area contributed by atoms with Crippen molar-refractivity contribution in [3.8, 4) is 0 Å². The topological polar surface area (TPSA) is 21.3 Å². The van der Waals surface area contributed by atoms with Crippen molar-refractivity contribution in [3.63, 3.8) is 0 Å². The van der Waals surface area contributed by atoms with Crippen LogP contribution in [0.25, 0.3) is 0 Å². The summed E-state index contributed by atoms with van der Waals surface area (Å²) in [5, 5.41) is 0. The fourth-order valence-electron chi connectivity index (χ4n) is 2.87. The molecule has 2 aromatic carbocycles. The molecule has 0 aliphatic rings. The lowest BCUT2D eigenvalue weighted by Gasteiger charge is -2.09. The van der Waals surface area contributed by atoms with Gasteiger partial charge in [-0.15, -0.1) is 0 Å². The summed E-state index contributed by atoms with van der Waals surface area (Å²) in [5.41, 5.74) is 9.62. The molecule has 0 radical (unpaired) electrons. The highest BCUT2D eigenvalue weighted by atomic mass is 16.6. The van der Waals surface area contributed by atoms with E-state index in [1.807, 2.05) is 0 Å². The Labute approximate surface area is 140 Å². The summed E-state index contributed by atoms with van der Waals surface area (Å²) in [4.78, 5) is 5.58. The average molecular weight is 311 g/mol. The van der Waals surface area contributed by atoms with Gasteiger partial charge in [-0.2, -0.15) is 0 Å². The number of rotatable bonds is 8. The van der Waals surface area contributed by atoms with Crippen LogP contribution in [0.15, 0.2) is 42.5 Å². The van der Waals surface area contributed by atoms with E-state index < -0.39 is 0 Å². The van der Waals surface area contributed by atoms with Gasteiger partial charge in [0.05, 0.1) is 6.61 Å². The number of hydrogen-bond donors (Lipinski definition) is 1. The third-order valence-corrected chi connectivity index (χ3v) is 3.81. The molecule has 0 unspecified atom stereocenters. The van der Waals surface area contributed by atoms with E-state index in [0.29, 0.717) is 12.5 Å². The zero-order chi connectivity index (χ0) is 16.7. The van der Waals surface area contributed by atoms with Gasteiger partial charge < -0.3 is 0 Å². The van der Waals surface area contributed by atoms with E-state index >= 15 is 0 Å². The van der Waals surface area contributed by atoms with E-state index in [1.54, 1.807) is 0 Å². The summed E-state index contributed by atoms with van der Waals surface area (Å²) in [6.45, 7) is 10.2. The van der Waals surface area contributed by atoms with Gasteiger partial charge in [-0.1, -0.05) is 67.4 Å². The zero-order valence-electron chi connectivity index (χ0n) is 14.9. The zero-order valence-corrected chi connectivity index (χ0v) is 14.9. The lowest BCUT2D eigenvalue weighted by molar-refractivity contribution is 0.0288. The quantitative estimate of drug-likeness (QED) is 0.560. The normalized spacial score (nSPS) is 11.2. The van der Waals surface area contributed by atoms with Crippen LogP contribution in [0.5, 0.6) is 0 Å². The molecular formula is C21H29NO. The Kier molecular flexibility index (Phi) is 6.82. The molecule has 0 amide bonds. The van der Waals surface area contributed by atoms with Gasteiger partial charge in [0.1, 0.15) is 0 Å². The summed E-state index contributed by atoms with van der Waals surface area (Å²) in [6, 6.07) is 15.5. The second kappa shape index (κ2) is 8.85. The molecule has 0 spiro atoms. The maximum Gasteiger partial charge on any atom is 0.0933 e. The highest BCUT2D eigenvalue weighted by Gasteiger charge is 1.99. The minimum Gasteiger partial charge on any atom is -0.297 e. The first-order valence-corrected chi connectivity index (χ1v) is 8.52. The van der Waals surface area contributed by atoms with E-state index in [1.165, 1.54) is 27.8 Å². The Morgan fingerprint density at radius 1 is 0.870 bits per heavy atom. The fourth-order valence-corrected chi connectivity index (χ4v) is 2.87. The van der Waals surface area contributed by atoms with Crippen molar-refractivity contribution < 1.29 is 4.84 Å². The van der Waals surface area contributed by atoms with Crippen molar-refractivity contribution in [2.75, 3.05) is 6.54 Å². The molecule has 0 atom stereocenters. The van der Waals surface area contributed by atoms with Crippen molar-refractivity contribution in [1.82, 2.24) is 5.48 Å². The Morgan fingerprint density at radius 2 is 1.48 bits per heavy atom. The van der Waals surface area contributed by atoms with E-state index in [0.717, 1.165) is 19.4 Å². The Bertz CT molecular complexity index is 581. The van der Waals surface area contributed by atoms with Crippen LogP contribution in [-0.4, -0.2) is 6.54 Å². The van der Waals surface area contributed by atoms with Gasteiger partial charge in [-0.05, 0) is 49.3 Å². The minimum atomic E-state index is 0.607. The van der Waals surface area contributed by atoms with Crippen LogP contribution >= 0.6 is 0 Å². The second-order valence-corrected chi connectivity index (χ2v) is 6.84. The molecule has 0 saturated carbocycles. The average Bonchev–Trinajstić information content (AvgIpc) is 2.47. The van der Waals surface area contributed by atoms with Crippen LogP contribution in [0.3, 0.4) is 0 Å². The lowest BCUT2D eigenvalue weighted by atomic mass is 10.0. The smallest absolute Gasteiger partial charge is 0.0933 e. The second-order valence-electron chi connectivity index (χ2n) is 6.84. The molecule has 2 nitrogen and oxygen atoms in total. The number of hydrogen-bond acceptors (Lipinski definition) is 2. The summed E-state index contributed by atoms with van der Waals surface area (Å²) in [5.74, 6) is 0.709. The number of hydroxylamine groups is 1. The van der Waals surface area contributed by atoms with Gasteiger partial charge in [-0.25, -0.2) is 5.48 Å². The molecule has 2 rings (SSSR count). The van der Waals surface area contributed by atoms with E-state index in [-0.39, 0.29) is 0 Å². The molecule has 0 aromatic heterocycles. The summed E-state index contributed by atoms with van der Waals surface area (Å²) < 4.78 is 0. The molecule has 0 heterocycles. The molecule has 0 bridgehead atoms. The molecule has 0 aliphatic carbocycles. The van der Waals surface area contributed by atoms with Crippen LogP contribution in [0.4, 0.5) is 0 Å². The molecule has 2 heteroatoms. The fraction of sp³-hybridized carbons (Fsp3) is 0.429. The first-order valence-electron chi connectivity index (χ1n) is 8.52. The van der Waals surface area contributed by atoms with Crippen LogP contribution < -0.4 is 5.48 Å². The molecule has 2 aromatic rings. The predicted octanol–water partition coefficient (Wildman–Crippen LogP) is 4.77. The van der Waals surface area contributed by atoms with Gasteiger partial charge in [0.2, 0.25) is 0 Å². The number of nitrogens with one attached hydrogen (secondary N) is 1. The first kappa shape index (κ1) is 17.7. The first-order chi connectivity index (χ1) is 11.0. The monoisotopic (exact) mass is 311 g/mol. The maximum absolute atomic E-state index is 5.58. The minimum absolute atomic E-state index is 0.607.